The number of nitrogens with two attached hydrogens (primary N) is 2. The second kappa shape index (κ2) is 9.85. The van der Waals surface area contributed by atoms with Crippen LogP contribution in [0, 0.1) is 12.8 Å². The summed E-state index contributed by atoms with van der Waals surface area (Å²) in [7, 11) is 0. The van der Waals surface area contributed by atoms with E-state index in [2.05, 4.69) is 15.6 Å². The molecule has 8 nitrogen and oxygen atoms in total. The van der Waals surface area contributed by atoms with Crippen LogP contribution >= 0.6 is 0 Å². The largest absolute Gasteiger partial charge is 0.382 e. The van der Waals surface area contributed by atoms with Gasteiger partial charge in [0.1, 0.15) is 11.3 Å². The van der Waals surface area contributed by atoms with Crippen molar-refractivity contribution in [3.8, 4) is 0 Å². The van der Waals surface area contributed by atoms with Gasteiger partial charge in [0, 0.05) is 31.2 Å². The lowest BCUT2D eigenvalue weighted by molar-refractivity contribution is 0.0877. The predicted octanol–water partition coefficient (Wildman–Crippen LogP) is 3.39. The molecule has 2 amide bonds. The quantitative estimate of drug-likeness (QED) is 0.563. The molecule has 0 radical (unpaired) electrons. The van der Waals surface area contributed by atoms with Gasteiger partial charge >= 0.3 is 6.03 Å². The highest BCUT2D eigenvalue weighted by Crippen LogP contribution is 2.34. The minimum Gasteiger partial charge on any atom is -0.382 e. The van der Waals surface area contributed by atoms with E-state index in [1.165, 1.54) is 38.5 Å². The average Bonchev–Trinajstić information content (AvgIpc) is 3.51. The summed E-state index contributed by atoms with van der Waals surface area (Å²) in [6.07, 6.45) is 10.5. The van der Waals surface area contributed by atoms with E-state index >= 15 is 0 Å². The maximum absolute atomic E-state index is 11.9. The van der Waals surface area contributed by atoms with Crippen LogP contribution in [-0.2, 0) is 17.7 Å². The number of carbonyl (C=O) groups is 1. The number of primary amides is 1. The number of nitrogen functional groups attached to an aromatic ring is 1. The van der Waals surface area contributed by atoms with Gasteiger partial charge in [-0.2, -0.15) is 0 Å². The van der Waals surface area contributed by atoms with Crippen LogP contribution in [0.3, 0.4) is 0 Å². The van der Waals surface area contributed by atoms with E-state index in [1.54, 1.807) is 4.90 Å². The number of aryl methyl sites for hydroxylation is 2. The Morgan fingerprint density at radius 2 is 1.97 bits per heavy atom. The smallest absolute Gasteiger partial charge is 0.315 e. The average molecular weight is 429 g/mol. The van der Waals surface area contributed by atoms with Gasteiger partial charge < -0.3 is 25.7 Å². The summed E-state index contributed by atoms with van der Waals surface area (Å²) in [5, 5.41) is 0. The molecule has 2 heterocycles. The van der Waals surface area contributed by atoms with Crippen LogP contribution in [0.5, 0.6) is 0 Å². The summed E-state index contributed by atoms with van der Waals surface area (Å²) < 4.78 is 8.17. The van der Waals surface area contributed by atoms with Gasteiger partial charge in [-0.25, -0.2) is 14.8 Å². The monoisotopic (exact) mass is 428 g/mol. The lowest BCUT2D eigenvalue weighted by Crippen LogP contribution is -2.46. The van der Waals surface area contributed by atoms with Crippen molar-refractivity contribution in [2.45, 2.75) is 77.3 Å². The van der Waals surface area contributed by atoms with Crippen LogP contribution in [-0.4, -0.2) is 51.3 Å². The number of pyridine rings is 1. The summed E-state index contributed by atoms with van der Waals surface area (Å²) in [6.45, 7) is 4.26. The van der Waals surface area contributed by atoms with E-state index in [-0.39, 0.29) is 12.1 Å². The highest BCUT2D eigenvalue weighted by atomic mass is 16.5. The van der Waals surface area contributed by atoms with Gasteiger partial charge in [0.2, 0.25) is 0 Å². The number of hydrogen-bond acceptors (Lipinski definition) is 5. The molecule has 0 aliphatic heterocycles. The number of nitrogens with zero attached hydrogens (tertiary/aromatic N) is 4. The summed E-state index contributed by atoms with van der Waals surface area (Å²) >= 11 is 0. The summed E-state index contributed by atoms with van der Waals surface area (Å²) in [6, 6.07) is 1.98. The Morgan fingerprint density at radius 1 is 1.19 bits per heavy atom. The Bertz CT molecular complexity index is 901. The number of rotatable bonds is 10. The third-order valence-electron chi connectivity index (χ3n) is 6.68. The van der Waals surface area contributed by atoms with Gasteiger partial charge in [0.15, 0.2) is 5.82 Å². The molecule has 2 fully saturated rings. The van der Waals surface area contributed by atoms with E-state index in [4.69, 9.17) is 21.2 Å². The summed E-state index contributed by atoms with van der Waals surface area (Å²) in [4.78, 5) is 22.9. The second-order valence-corrected chi connectivity index (χ2v) is 9.11. The summed E-state index contributed by atoms with van der Waals surface area (Å²) in [5.74, 6) is 2.40. The van der Waals surface area contributed by atoms with E-state index in [0.29, 0.717) is 32.1 Å². The number of carbonyl (C=O) groups excluding carboxylic acids is 1. The third kappa shape index (κ3) is 5.47. The molecule has 2 aromatic heterocycles. The van der Waals surface area contributed by atoms with Crippen LogP contribution in [0.2, 0.25) is 0 Å². The Hall–Kier alpha value is -2.35. The molecule has 0 spiro atoms. The molecule has 8 heteroatoms. The first-order chi connectivity index (χ1) is 15.0. The van der Waals surface area contributed by atoms with Crippen LogP contribution in [0.25, 0.3) is 11.0 Å². The highest BCUT2D eigenvalue weighted by molar-refractivity contribution is 5.85. The van der Waals surface area contributed by atoms with Crippen LogP contribution in [0.15, 0.2) is 6.07 Å². The van der Waals surface area contributed by atoms with Gasteiger partial charge in [0.25, 0.3) is 0 Å². The highest BCUT2D eigenvalue weighted by Gasteiger charge is 2.24. The number of imidazole rings is 1. The Balaban J connectivity index is 1.36. The summed E-state index contributed by atoms with van der Waals surface area (Å²) in [5.41, 5.74) is 14.5. The second-order valence-electron chi connectivity index (χ2n) is 9.11. The lowest BCUT2D eigenvalue weighted by Gasteiger charge is -2.33. The van der Waals surface area contributed by atoms with Gasteiger partial charge in [0.05, 0.1) is 18.7 Å². The molecule has 4 rings (SSSR count). The fraction of sp³-hybridized carbons (Fsp3) is 0.696. The number of urea groups is 1. The number of fused-ring (bicyclic) bond motifs is 1. The first-order valence-electron chi connectivity index (χ1n) is 11.8. The molecule has 31 heavy (non-hydrogen) atoms. The van der Waals surface area contributed by atoms with E-state index in [0.717, 1.165) is 47.7 Å². The minimum absolute atomic E-state index is 0.264. The molecule has 0 unspecified atom stereocenters. The van der Waals surface area contributed by atoms with Gasteiger partial charge in [-0.05, 0) is 38.2 Å². The van der Waals surface area contributed by atoms with E-state index in [9.17, 15) is 4.79 Å². The van der Waals surface area contributed by atoms with Crippen molar-refractivity contribution in [2.24, 2.45) is 11.7 Å². The predicted molar refractivity (Wildman–Crippen MR) is 122 cm³/mol. The number of aromatic nitrogens is 3. The zero-order chi connectivity index (χ0) is 21.8. The van der Waals surface area contributed by atoms with Crippen molar-refractivity contribution in [3.63, 3.8) is 0 Å². The van der Waals surface area contributed by atoms with Crippen molar-refractivity contribution in [1.29, 1.82) is 0 Å². The molecular formula is C23H36N6O2. The molecule has 2 aliphatic rings. The number of anilines is 1. The Kier molecular flexibility index (Phi) is 6.95. The van der Waals surface area contributed by atoms with Crippen molar-refractivity contribution >= 4 is 22.9 Å². The molecule has 170 valence electrons. The van der Waals surface area contributed by atoms with Crippen molar-refractivity contribution in [3.05, 3.63) is 17.6 Å². The minimum atomic E-state index is -0.336. The first-order valence-corrected chi connectivity index (χ1v) is 11.8. The van der Waals surface area contributed by atoms with E-state index < -0.39 is 0 Å². The third-order valence-corrected chi connectivity index (χ3v) is 6.68. The standard InChI is InChI=1S/C23H36N6O2/c1-16-15-19-21(22(24)26-16)27-20(10-9-17-7-8-17)29(19)12-14-31-13-11-28(23(25)30)18-5-3-2-4-6-18/h15,17-18H,2-14H2,1H3,(H2,24,26)(H2,25,30). The fourth-order valence-corrected chi connectivity index (χ4v) is 4.79. The van der Waals surface area contributed by atoms with Crippen LogP contribution in [0.4, 0.5) is 10.6 Å². The van der Waals surface area contributed by atoms with Crippen molar-refractivity contribution in [2.75, 3.05) is 25.5 Å². The van der Waals surface area contributed by atoms with Gasteiger partial charge in [-0.3, -0.25) is 0 Å². The van der Waals surface area contributed by atoms with Gasteiger partial charge in [-0.1, -0.05) is 32.1 Å². The van der Waals surface area contributed by atoms with Crippen LogP contribution in [0.1, 0.15) is 62.9 Å². The van der Waals surface area contributed by atoms with Crippen molar-refractivity contribution in [1.82, 2.24) is 19.4 Å². The molecule has 0 atom stereocenters. The molecule has 0 saturated heterocycles. The zero-order valence-corrected chi connectivity index (χ0v) is 18.7. The van der Waals surface area contributed by atoms with Gasteiger partial charge in [-0.15, -0.1) is 0 Å². The molecule has 4 N–H and O–H groups in total. The Labute approximate surface area is 184 Å². The molecular weight excluding hydrogens is 392 g/mol. The normalized spacial score (nSPS) is 17.3. The number of amides is 2. The van der Waals surface area contributed by atoms with E-state index in [1.807, 2.05) is 6.92 Å². The first kappa shape index (κ1) is 21.9. The SMILES string of the molecule is Cc1cc2c(nc(CCC3CC3)n2CCOCCN(C(N)=O)C2CCCCC2)c(N)n1. The fourth-order valence-electron chi connectivity index (χ4n) is 4.79. The molecule has 2 aliphatic carbocycles. The topological polar surface area (TPSA) is 112 Å². The molecule has 0 bridgehead atoms. The Morgan fingerprint density at radius 3 is 2.68 bits per heavy atom. The maximum Gasteiger partial charge on any atom is 0.315 e. The van der Waals surface area contributed by atoms with Crippen molar-refractivity contribution < 1.29 is 9.53 Å². The zero-order valence-electron chi connectivity index (χ0n) is 18.7. The molecule has 2 aromatic rings. The molecule has 0 aromatic carbocycles. The molecule has 2 saturated carbocycles. The lowest BCUT2D eigenvalue weighted by atomic mass is 9.94. The number of ether oxygens (including phenoxy) is 1. The maximum atomic E-state index is 11.9. The van der Waals surface area contributed by atoms with Crippen LogP contribution < -0.4 is 11.5 Å². The number of hydrogen-bond donors (Lipinski definition) is 2.